The summed E-state index contributed by atoms with van der Waals surface area (Å²) in [5, 5.41) is 18.5. The number of hydrogen-bond acceptors (Lipinski definition) is 4. The van der Waals surface area contributed by atoms with Crippen molar-refractivity contribution in [2.45, 2.75) is 64.3 Å². The molecule has 2 aromatic carbocycles. The van der Waals surface area contributed by atoms with E-state index in [9.17, 15) is 0 Å². The van der Waals surface area contributed by atoms with E-state index in [2.05, 4.69) is 42.0 Å². The van der Waals surface area contributed by atoms with E-state index in [1.165, 1.54) is 38.8 Å². The van der Waals surface area contributed by atoms with Crippen molar-refractivity contribution in [1.29, 1.82) is 5.26 Å². The molecule has 1 N–H and O–H groups in total. The van der Waals surface area contributed by atoms with E-state index in [1.54, 1.807) is 0 Å². The van der Waals surface area contributed by atoms with Crippen molar-refractivity contribution < 1.29 is 9.52 Å². The largest absolute Gasteiger partial charge is 0.461 e. The minimum atomic E-state index is 0.266. The highest BCUT2D eigenvalue weighted by Crippen LogP contribution is 2.28. The van der Waals surface area contributed by atoms with Gasteiger partial charge in [0.05, 0.1) is 11.6 Å². The van der Waals surface area contributed by atoms with E-state index < -0.39 is 0 Å². The first-order valence-electron chi connectivity index (χ1n) is 12.5. The Kier molecular flexibility index (Phi) is 10.2. The third kappa shape index (κ3) is 7.49. The molecular weight excluding hydrogens is 420 g/mol. The molecule has 0 saturated carbocycles. The summed E-state index contributed by atoms with van der Waals surface area (Å²) >= 11 is 0. The third-order valence-electron chi connectivity index (χ3n) is 6.43. The summed E-state index contributed by atoms with van der Waals surface area (Å²) in [6, 6.07) is 19.1. The van der Waals surface area contributed by atoms with Crippen LogP contribution in [-0.2, 0) is 6.42 Å². The number of likely N-dealkylation sites (tertiary alicyclic amines) is 1. The van der Waals surface area contributed by atoms with Gasteiger partial charge in [0.2, 0.25) is 0 Å². The second kappa shape index (κ2) is 13.6. The maximum Gasteiger partial charge on any atom is 0.134 e. The monoisotopic (exact) mass is 456 g/mol. The Morgan fingerprint density at radius 1 is 1.09 bits per heavy atom. The molecule has 2 heterocycles. The van der Waals surface area contributed by atoms with Crippen LogP contribution in [0.5, 0.6) is 0 Å². The van der Waals surface area contributed by atoms with Crippen molar-refractivity contribution in [2.75, 3.05) is 19.7 Å². The van der Waals surface area contributed by atoms with Crippen molar-refractivity contribution in [2.24, 2.45) is 0 Å². The second-order valence-corrected chi connectivity index (χ2v) is 9.03. The normalized spacial score (nSPS) is 15.5. The number of furan rings is 1. The summed E-state index contributed by atoms with van der Waals surface area (Å²) in [7, 11) is 0. The molecule has 0 amide bonds. The molecule has 0 bridgehead atoms. The zero-order chi connectivity index (χ0) is 24.2. The summed E-state index contributed by atoms with van der Waals surface area (Å²) in [6.45, 7) is 5.08. The molecule has 178 valence electrons. The van der Waals surface area contributed by atoms with Gasteiger partial charge in [-0.3, -0.25) is 0 Å². The molecule has 3 aromatic rings. The van der Waals surface area contributed by atoms with Crippen LogP contribution in [-0.4, -0.2) is 35.7 Å². The molecule has 0 radical (unpaired) electrons. The standard InChI is InChI=1S/C24H26N2O.C6H10O/c1-18-6-5-13-26(18)12-3-2-9-23-16-22-15-21(10-11-24(22)27-23)20-8-4-7-19(14-20)17-25;1-2-3-4-5-6-7/h4,7-8,10-11,14-16,18H,2-3,5-6,9,12-13H2,1H3;1,7H,3-6H2/t18-;/m1./s1. The fraction of sp³-hybridized carbons (Fsp3) is 0.433. The third-order valence-corrected chi connectivity index (χ3v) is 6.43. The minimum absolute atomic E-state index is 0.266. The van der Waals surface area contributed by atoms with Crippen molar-refractivity contribution in [3.05, 3.63) is 59.9 Å². The molecule has 4 nitrogen and oxygen atoms in total. The zero-order valence-electron chi connectivity index (χ0n) is 20.3. The van der Waals surface area contributed by atoms with Crippen LogP contribution in [0.4, 0.5) is 0 Å². The zero-order valence-corrected chi connectivity index (χ0v) is 20.3. The lowest BCUT2D eigenvalue weighted by molar-refractivity contribution is 0.262. The maximum atomic E-state index is 9.10. The summed E-state index contributed by atoms with van der Waals surface area (Å²) in [4.78, 5) is 2.61. The Morgan fingerprint density at radius 3 is 2.68 bits per heavy atom. The predicted octanol–water partition coefficient (Wildman–Crippen LogP) is 6.56. The van der Waals surface area contributed by atoms with E-state index in [-0.39, 0.29) is 6.61 Å². The molecule has 4 rings (SSSR count). The Balaban J connectivity index is 0.000000406. The van der Waals surface area contributed by atoms with Crippen molar-refractivity contribution >= 4 is 11.0 Å². The lowest BCUT2D eigenvalue weighted by atomic mass is 10.0. The summed E-state index contributed by atoms with van der Waals surface area (Å²) in [6.07, 6.45) is 13.6. The topological polar surface area (TPSA) is 60.4 Å². The number of benzene rings is 2. The van der Waals surface area contributed by atoms with Crippen LogP contribution in [0, 0.1) is 23.7 Å². The highest BCUT2D eigenvalue weighted by Gasteiger charge is 2.19. The Labute approximate surface area is 204 Å². The van der Waals surface area contributed by atoms with Gasteiger partial charge < -0.3 is 14.4 Å². The Morgan fingerprint density at radius 2 is 1.94 bits per heavy atom. The number of aliphatic hydroxyl groups excluding tert-OH is 1. The van der Waals surface area contributed by atoms with E-state index in [0.29, 0.717) is 5.56 Å². The van der Waals surface area contributed by atoms with Gasteiger partial charge in [0, 0.05) is 30.9 Å². The first-order valence-corrected chi connectivity index (χ1v) is 12.5. The Hall–Kier alpha value is -3.05. The van der Waals surface area contributed by atoms with Gasteiger partial charge in [0.25, 0.3) is 0 Å². The van der Waals surface area contributed by atoms with Gasteiger partial charge in [-0.25, -0.2) is 0 Å². The van der Waals surface area contributed by atoms with Crippen LogP contribution in [0.1, 0.15) is 63.2 Å². The Bertz CT molecular complexity index is 1120. The van der Waals surface area contributed by atoms with Gasteiger partial charge >= 0.3 is 0 Å². The van der Waals surface area contributed by atoms with Gasteiger partial charge in [0.1, 0.15) is 11.3 Å². The first-order chi connectivity index (χ1) is 16.6. The molecule has 0 unspecified atom stereocenters. The van der Waals surface area contributed by atoms with Gasteiger partial charge in [-0.05, 0) is 100.0 Å². The number of hydrogen-bond donors (Lipinski definition) is 1. The highest BCUT2D eigenvalue weighted by molar-refractivity contribution is 5.84. The van der Waals surface area contributed by atoms with Crippen molar-refractivity contribution in [3.8, 4) is 29.5 Å². The molecule has 1 aliphatic rings. The van der Waals surface area contributed by atoms with Gasteiger partial charge in [-0.1, -0.05) is 18.2 Å². The predicted molar refractivity (Wildman–Crippen MR) is 139 cm³/mol. The highest BCUT2D eigenvalue weighted by atomic mass is 16.3. The lowest BCUT2D eigenvalue weighted by Gasteiger charge is -2.20. The first kappa shape index (κ1) is 25.6. The van der Waals surface area contributed by atoms with Gasteiger partial charge in [-0.15, -0.1) is 12.3 Å². The molecule has 0 aliphatic carbocycles. The number of unbranched alkanes of at least 4 members (excludes halogenated alkanes) is 3. The average molecular weight is 457 g/mol. The molecule has 0 spiro atoms. The van der Waals surface area contributed by atoms with Crippen molar-refractivity contribution in [1.82, 2.24) is 4.90 Å². The smallest absolute Gasteiger partial charge is 0.134 e. The van der Waals surface area contributed by atoms with Crippen molar-refractivity contribution in [3.63, 3.8) is 0 Å². The molecule has 1 atom stereocenters. The number of fused-ring (bicyclic) bond motifs is 1. The molecule has 1 saturated heterocycles. The molecule has 34 heavy (non-hydrogen) atoms. The quantitative estimate of drug-likeness (QED) is 0.292. The van der Waals surface area contributed by atoms with Crippen LogP contribution in [0.2, 0.25) is 0 Å². The summed E-state index contributed by atoms with van der Waals surface area (Å²) in [5.41, 5.74) is 3.82. The van der Waals surface area contributed by atoms with E-state index in [0.717, 1.165) is 59.6 Å². The number of aliphatic hydroxyl groups is 1. The van der Waals surface area contributed by atoms with Crippen LogP contribution in [0.3, 0.4) is 0 Å². The van der Waals surface area contributed by atoms with E-state index in [4.69, 9.17) is 21.2 Å². The minimum Gasteiger partial charge on any atom is -0.461 e. The van der Waals surface area contributed by atoms with E-state index >= 15 is 0 Å². The lowest BCUT2D eigenvalue weighted by Crippen LogP contribution is -2.27. The second-order valence-electron chi connectivity index (χ2n) is 9.03. The van der Waals surface area contributed by atoms with Crippen LogP contribution in [0.15, 0.2) is 52.9 Å². The fourth-order valence-electron chi connectivity index (χ4n) is 4.45. The molecular formula is C30H36N2O2. The van der Waals surface area contributed by atoms with Gasteiger partial charge in [0.15, 0.2) is 0 Å². The molecule has 1 aliphatic heterocycles. The average Bonchev–Trinajstić information content (AvgIpc) is 3.47. The maximum absolute atomic E-state index is 9.10. The summed E-state index contributed by atoms with van der Waals surface area (Å²) in [5.74, 6) is 3.56. The number of rotatable bonds is 9. The molecule has 1 fully saturated rings. The SMILES string of the molecule is C#CCCCCO.C[C@@H]1CCCN1CCCCc1cc2cc(-c3cccc(C#N)c3)ccc2o1. The van der Waals surface area contributed by atoms with E-state index in [1.807, 2.05) is 30.3 Å². The summed E-state index contributed by atoms with van der Waals surface area (Å²) < 4.78 is 6.03. The molecule has 1 aromatic heterocycles. The number of nitrogens with zero attached hydrogens (tertiary/aromatic N) is 2. The number of nitriles is 1. The molecule has 4 heteroatoms. The fourth-order valence-corrected chi connectivity index (χ4v) is 4.45. The van der Waals surface area contributed by atoms with Crippen LogP contribution < -0.4 is 0 Å². The van der Waals surface area contributed by atoms with Gasteiger partial charge in [-0.2, -0.15) is 5.26 Å². The number of aryl methyl sites for hydroxylation is 1. The number of terminal acetylenes is 1. The van der Waals surface area contributed by atoms with Crippen LogP contribution >= 0.6 is 0 Å². The van der Waals surface area contributed by atoms with Crippen LogP contribution in [0.25, 0.3) is 22.1 Å².